The van der Waals surface area contributed by atoms with E-state index >= 15 is 0 Å². The third-order valence-corrected chi connectivity index (χ3v) is 3.38. The molecule has 2 unspecified atom stereocenters. The molecule has 0 aromatic carbocycles. The lowest BCUT2D eigenvalue weighted by Crippen LogP contribution is -2.28. The predicted octanol–water partition coefficient (Wildman–Crippen LogP) is 1.72. The molecule has 1 aliphatic heterocycles. The molecule has 1 aliphatic rings. The van der Waals surface area contributed by atoms with E-state index in [1.165, 1.54) is 0 Å². The van der Waals surface area contributed by atoms with Crippen LogP contribution < -0.4 is 10.9 Å². The highest BCUT2D eigenvalue weighted by atomic mass is 15.4. The molecule has 0 aliphatic carbocycles. The molecule has 18 heavy (non-hydrogen) atoms. The van der Waals surface area contributed by atoms with Gasteiger partial charge in [0.15, 0.2) is 0 Å². The minimum Gasteiger partial charge on any atom is -0.260 e. The second-order valence-electron chi connectivity index (χ2n) is 4.61. The van der Waals surface area contributed by atoms with Crippen LogP contribution in [0, 0.1) is 0 Å². The van der Waals surface area contributed by atoms with Crippen LogP contribution in [0.3, 0.4) is 0 Å². The van der Waals surface area contributed by atoms with Crippen LogP contribution in [0.4, 0.5) is 0 Å². The van der Waals surface area contributed by atoms with Crippen molar-refractivity contribution in [3.05, 3.63) is 48.4 Å². The quantitative estimate of drug-likeness (QED) is 0.839. The van der Waals surface area contributed by atoms with Crippen LogP contribution in [0.25, 0.3) is 11.3 Å². The van der Waals surface area contributed by atoms with Crippen LogP contribution in [0.1, 0.15) is 18.5 Å². The number of hydrogen-bond donors (Lipinski definition) is 2. The fourth-order valence-corrected chi connectivity index (χ4v) is 2.28. The van der Waals surface area contributed by atoms with Gasteiger partial charge in [-0.25, -0.2) is 0 Å². The number of pyridine rings is 2. The van der Waals surface area contributed by atoms with Crippen molar-refractivity contribution in [3.8, 4) is 11.3 Å². The number of nitrogens with zero attached hydrogens (tertiary/aromatic N) is 2. The standard InChI is InChI=1S/C14H16N4/c1-10-12(9-17-18-10)14-6-5-11(8-16-14)13-4-2-3-7-15-13/h2-8,10,12,17-18H,9H2,1H3. The number of hydrazine groups is 1. The van der Waals surface area contributed by atoms with Gasteiger partial charge >= 0.3 is 0 Å². The summed E-state index contributed by atoms with van der Waals surface area (Å²) in [4.78, 5) is 8.89. The smallest absolute Gasteiger partial charge is 0.0717 e. The molecule has 0 amide bonds. The highest BCUT2D eigenvalue weighted by Crippen LogP contribution is 2.22. The van der Waals surface area contributed by atoms with Gasteiger partial charge in [-0.1, -0.05) is 6.07 Å². The van der Waals surface area contributed by atoms with Crippen LogP contribution in [0.5, 0.6) is 0 Å². The van der Waals surface area contributed by atoms with Gasteiger partial charge in [0.05, 0.1) is 5.69 Å². The largest absolute Gasteiger partial charge is 0.260 e. The summed E-state index contributed by atoms with van der Waals surface area (Å²) in [5.74, 6) is 0.433. The zero-order valence-corrected chi connectivity index (χ0v) is 10.3. The van der Waals surface area contributed by atoms with Crippen molar-refractivity contribution >= 4 is 0 Å². The predicted molar refractivity (Wildman–Crippen MR) is 70.8 cm³/mol. The summed E-state index contributed by atoms with van der Waals surface area (Å²) in [6, 6.07) is 10.5. The van der Waals surface area contributed by atoms with Crippen LogP contribution >= 0.6 is 0 Å². The van der Waals surface area contributed by atoms with Gasteiger partial charge in [0.2, 0.25) is 0 Å². The van der Waals surface area contributed by atoms with Gasteiger partial charge in [-0.05, 0) is 31.2 Å². The molecule has 92 valence electrons. The van der Waals surface area contributed by atoms with E-state index in [0.29, 0.717) is 12.0 Å². The lowest BCUT2D eigenvalue weighted by molar-refractivity contribution is 0.564. The first-order valence-electron chi connectivity index (χ1n) is 6.20. The number of aromatic nitrogens is 2. The van der Waals surface area contributed by atoms with Crippen molar-refractivity contribution in [2.24, 2.45) is 0 Å². The van der Waals surface area contributed by atoms with Crippen molar-refractivity contribution in [1.82, 2.24) is 20.8 Å². The van der Waals surface area contributed by atoms with Gasteiger partial charge in [-0.2, -0.15) is 0 Å². The van der Waals surface area contributed by atoms with Gasteiger partial charge in [-0.3, -0.25) is 20.8 Å². The van der Waals surface area contributed by atoms with E-state index in [-0.39, 0.29) is 0 Å². The fraction of sp³-hybridized carbons (Fsp3) is 0.286. The Morgan fingerprint density at radius 3 is 2.72 bits per heavy atom. The third-order valence-electron chi connectivity index (χ3n) is 3.38. The summed E-state index contributed by atoms with van der Waals surface area (Å²) in [6.07, 6.45) is 3.71. The van der Waals surface area contributed by atoms with E-state index in [2.05, 4.69) is 39.9 Å². The molecule has 0 saturated carbocycles. The maximum atomic E-state index is 4.57. The fourth-order valence-electron chi connectivity index (χ4n) is 2.28. The van der Waals surface area contributed by atoms with Gasteiger partial charge in [0.1, 0.15) is 0 Å². The van der Waals surface area contributed by atoms with Crippen LogP contribution in [0.2, 0.25) is 0 Å². The number of rotatable bonds is 2. The van der Waals surface area contributed by atoms with Crippen LogP contribution in [-0.4, -0.2) is 22.6 Å². The van der Waals surface area contributed by atoms with Gasteiger partial charge in [-0.15, -0.1) is 0 Å². The highest BCUT2D eigenvalue weighted by molar-refractivity contribution is 5.57. The second-order valence-corrected chi connectivity index (χ2v) is 4.61. The Morgan fingerprint density at radius 1 is 1.17 bits per heavy atom. The second kappa shape index (κ2) is 4.84. The summed E-state index contributed by atoms with van der Waals surface area (Å²) < 4.78 is 0. The molecule has 1 fully saturated rings. The Labute approximate surface area is 106 Å². The summed E-state index contributed by atoms with van der Waals surface area (Å²) in [6.45, 7) is 3.09. The van der Waals surface area contributed by atoms with E-state index < -0.39 is 0 Å². The lowest BCUT2D eigenvalue weighted by Gasteiger charge is -2.13. The molecule has 0 radical (unpaired) electrons. The van der Waals surface area contributed by atoms with E-state index in [9.17, 15) is 0 Å². The average Bonchev–Trinajstić information content (AvgIpc) is 2.86. The Morgan fingerprint density at radius 2 is 2.11 bits per heavy atom. The minimum atomic E-state index is 0.415. The molecular weight excluding hydrogens is 224 g/mol. The molecular formula is C14H16N4. The molecule has 0 spiro atoms. The van der Waals surface area contributed by atoms with Crippen molar-refractivity contribution in [2.45, 2.75) is 18.9 Å². The van der Waals surface area contributed by atoms with Crippen LogP contribution in [-0.2, 0) is 0 Å². The first-order chi connectivity index (χ1) is 8.84. The molecule has 1 saturated heterocycles. The van der Waals surface area contributed by atoms with E-state index in [4.69, 9.17) is 0 Å². The van der Waals surface area contributed by atoms with Crippen molar-refractivity contribution < 1.29 is 0 Å². The Balaban J connectivity index is 1.85. The number of nitrogens with one attached hydrogen (secondary N) is 2. The van der Waals surface area contributed by atoms with Crippen molar-refractivity contribution in [1.29, 1.82) is 0 Å². The molecule has 0 bridgehead atoms. The summed E-state index contributed by atoms with van der Waals surface area (Å²) >= 11 is 0. The molecule has 2 N–H and O–H groups in total. The Bertz CT molecular complexity index is 509. The normalized spacial score (nSPS) is 23.2. The number of hydrogen-bond acceptors (Lipinski definition) is 4. The van der Waals surface area contributed by atoms with Crippen molar-refractivity contribution in [3.63, 3.8) is 0 Å². The first kappa shape index (κ1) is 11.3. The van der Waals surface area contributed by atoms with Gasteiger partial charge in [0.25, 0.3) is 0 Å². The average molecular weight is 240 g/mol. The zero-order valence-electron chi connectivity index (χ0n) is 10.3. The van der Waals surface area contributed by atoms with E-state index in [1.54, 1.807) is 6.20 Å². The summed E-state index contributed by atoms with van der Waals surface area (Å²) in [5.41, 5.74) is 9.53. The monoisotopic (exact) mass is 240 g/mol. The minimum absolute atomic E-state index is 0.415. The summed E-state index contributed by atoms with van der Waals surface area (Å²) in [5, 5.41) is 0. The van der Waals surface area contributed by atoms with Crippen molar-refractivity contribution in [2.75, 3.05) is 6.54 Å². The molecule has 4 nitrogen and oxygen atoms in total. The van der Waals surface area contributed by atoms with E-state index in [0.717, 1.165) is 23.5 Å². The van der Waals surface area contributed by atoms with E-state index in [1.807, 2.05) is 24.4 Å². The third kappa shape index (κ3) is 2.12. The summed E-state index contributed by atoms with van der Waals surface area (Å²) in [7, 11) is 0. The SMILES string of the molecule is CC1NNCC1c1ccc(-c2ccccn2)cn1. The Kier molecular flexibility index (Phi) is 3.04. The molecule has 2 aromatic heterocycles. The van der Waals surface area contributed by atoms with Gasteiger partial charge in [0, 0.05) is 42.2 Å². The molecule has 2 atom stereocenters. The van der Waals surface area contributed by atoms with Gasteiger partial charge < -0.3 is 0 Å². The molecule has 3 heterocycles. The molecule has 2 aromatic rings. The zero-order chi connectivity index (χ0) is 12.4. The first-order valence-corrected chi connectivity index (χ1v) is 6.20. The maximum Gasteiger partial charge on any atom is 0.0717 e. The molecule has 4 heteroatoms. The maximum absolute atomic E-state index is 4.57. The topological polar surface area (TPSA) is 49.8 Å². The molecule has 3 rings (SSSR count). The van der Waals surface area contributed by atoms with Crippen LogP contribution in [0.15, 0.2) is 42.7 Å². The lowest BCUT2D eigenvalue weighted by atomic mass is 9.98. The highest BCUT2D eigenvalue weighted by Gasteiger charge is 2.25. The Hall–Kier alpha value is -1.78.